The molecule has 40 heavy (non-hydrogen) atoms. The Kier molecular flexibility index (Phi) is 7.38. The Labute approximate surface area is 227 Å². The molecular weight excluding hydrogens is 555 g/mol. The van der Waals surface area contributed by atoms with Crippen LogP contribution in [0.25, 0.3) is 11.3 Å². The fourth-order valence-electron chi connectivity index (χ4n) is 4.70. The van der Waals surface area contributed by atoms with Crippen molar-refractivity contribution in [1.82, 2.24) is 19.6 Å². The number of amides is 1. The summed E-state index contributed by atoms with van der Waals surface area (Å²) in [5, 5.41) is 2.63. The van der Waals surface area contributed by atoms with E-state index in [1.165, 1.54) is 25.1 Å². The van der Waals surface area contributed by atoms with Gasteiger partial charge in [-0.3, -0.25) is 4.79 Å². The quantitative estimate of drug-likeness (QED) is 0.398. The fraction of sp³-hybridized carbons (Fsp3) is 0.370. The van der Waals surface area contributed by atoms with Gasteiger partial charge in [-0.05, 0) is 62.2 Å². The molecule has 1 saturated carbocycles. The molecule has 1 aliphatic heterocycles. The molecule has 2 heterocycles. The van der Waals surface area contributed by atoms with E-state index in [1.54, 1.807) is 0 Å². The van der Waals surface area contributed by atoms with Crippen molar-refractivity contribution in [3.63, 3.8) is 0 Å². The van der Waals surface area contributed by atoms with Gasteiger partial charge >= 0.3 is 6.18 Å². The standard InChI is InChI=1S/C27H25F5N4O3S/c1-15-22(29)13-24(36(15)40(38,39)21-10-8-19(28)9-11-21)26(37)33-14-20-12-23(35-25(34-20)17-2-3-17)16-4-6-18(7-5-16)27(30,31)32/h4-12,15,17,22,24H,2-3,13-14H2,1H3,(H,33,37)/t15-,22+,24-/m0/s1. The molecule has 0 spiro atoms. The molecule has 3 aromatic rings. The summed E-state index contributed by atoms with van der Waals surface area (Å²) in [5.74, 6) is -0.777. The second kappa shape index (κ2) is 10.5. The number of halogens is 5. The third kappa shape index (κ3) is 5.71. The molecule has 1 aromatic heterocycles. The Morgan fingerprint density at radius 1 is 1.05 bits per heavy atom. The Balaban J connectivity index is 1.37. The molecule has 2 aliphatic rings. The predicted octanol–water partition coefficient (Wildman–Crippen LogP) is 4.98. The number of aromatic nitrogens is 2. The van der Waals surface area contributed by atoms with Crippen molar-refractivity contribution < 1.29 is 35.2 Å². The molecule has 0 unspecified atom stereocenters. The first-order valence-corrected chi connectivity index (χ1v) is 14.0. The van der Waals surface area contributed by atoms with E-state index in [4.69, 9.17) is 0 Å². The average molecular weight is 581 g/mol. The molecule has 212 valence electrons. The molecule has 1 saturated heterocycles. The van der Waals surface area contributed by atoms with Gasteiger partial charge in [0, 0.05) is 17.9 Å². The summed E-state index contributed by atoms with van der Waals surface area (Å²) in [5.41, 5.74) is 0.397. The van der Waals surface area contributed by atoms with E-state index in [9.17, 15) is 35.2 Å². The number of rotatable bonds is 7. The zero-order valence-corrected chi connectivity index (χ0v) is 22.0. The van der Waals surface area contributed by atoms with Crippen LogP contribution in [0, 0.1) is 5.82 Å². The number of nitrogens with one attached hydrogen (secondary N) is 1. The van der Waals surface area contributed by atoms with Crippen molar-refractivity contribution in [2.75, 3.05) is 0 Å². The van der Waals surface area contributed by atoms with Crippen molar-refractivity contribution in [3.05, 3.63) is 77.5 Å². The minimum Gasteiger partial charge on any atom is -0.349 e. The second-order valence-corrected chi connectivity index (χ2v) is 11.8. The lowest BCUT2D eigenvalue weighted by molar-refractivity contribution is -0.137. The lowest BCUT2D eigenvalue weighted by Crippen LogP contribution is -2.48. The molecule has 13 heteroatoms. The van der Waals surface area contributed by atoms with Crippen molar-refractivity contribution in [2.24, 2.45) is 0 Å². The highest BCUT2D eigenvalue weighted by atomic mass is 32.2. The van der Waals surface area contributed by atoms with E-state index in [-0.39, 0.29) is 23.8 Å². The number of benzene rings is 2. The number of alkyl halides is 4. The Morgan fingerprint density at radius 2 is 1.70 bits per heavy atom. The van der Waals surface area contributed by atoms with Crippen LogP contribution in [0.15, 0.2) is 59.5 Å². The normalized spacial score (nSPS) is 21.9. The average Bonchev–Trinajstić information content (AvgIpc) is 3.72. The molecule has 7 nitrogen and oxygen atoms in total. The molecule has 1 aliphatic carbocycles. The highest BCUT2D eigenvalue weighted by Gasteiger charge is 2.49. The van der Waals surface area contributed by atoms with Crippen LogP contribution >= 0.6 is 0 Å². The smallest absolute Gasteiger partial charge is 0.349 e. The van der Waals surface area contributed by atoms with Crippen LogP contribution in [0.3, 0.4) is 0 Å². The van der Waals surface area contributed by atoms with Gasteiger partial charge in [-0.2, -0.15) is 17.5 Å². The van der Waals surface area contributed by atoms with E-state index >= 15 is 0 Å². The molecule has 2 aromatic carbocycles. The van der Waals surface area contributed by atoms with Crippen LogP contribution in [0.4, 0.5) is 22.0 Å². The summed E-state index contributed by atoms with van der Waals surface area (Å²) in [7, 11) is -4.32. The maximum atomic E-state index is 14.7. The van der Waals surface area contributed by atoms with Gasteiger partial charge in [-0.15, -0.1) is 0 Å². The van der Waals surface area contributed by atoms with Gasteiger partial charge in [0.25, 0.3) is 0 Å². The predicted molar refractivity (Wildman–Crippen MR) is 134 cm³/mol. The van der Waals surface area contributed by atoms with Crippen LogP contribution in [0.2, 0.25) is 0 Å². The van der Waals surface area contributed by atoms with E-state index in [1.807, 2.05) is 0 Å². The van der Waals surface area contributed by atoms with Crippen molar-refractivity contribution in [2.45, 2.75) is 68.0 Å². The Bertz CT molecular complexity index is 1510. The van der Waals surface area contributed by atoms with E-state index < -0.39 is 51.7 Å². The van der Waals surface area contributed by atoms with Crippen LogP contribution in [0.5, 0.6) is 0 Å². The Hall–Kier alpha value is -3.45. The van der Waals surface area contributed by atoms with E-state index in [0.29, 0.717) is 22.8 Å². The molecule has 0 radical (unpaired) electrons. The fourth-order valence-corrected chi connectivity index (χ4v) is 6.51. The van der Waals surface area contributed by atoms with Crippen molar-refractivity contribution in [3.8, 4) is 11.3 Å². The first-order chi connectivity index (χ1) is 18.8. The van der Waals surface area contributed by atoms with Crippen LogP contribution in [-0.2, 0) is 27.5 Å². The van der Waals surface area contributed by atoms with Crippen LogP contribution < -0.4 is 5.32 Å². The Morgan fingerprint density at radius 3 is 2.30 bits per heavy atom. The van der Waals surface area contributed by atoms with Crippen molar-refractivity contribution in [1.29, 1.82) is 0 Å². The van der Waals surface area contributed by atoms with Crippen molar-refractivity contribution >= 4 is 15.9 Å². The highest BCUT2D eigenvalue weighted by Crippen LogP contribution is 2.39. The largest absolute Gasteiger partial charge is 0.416 e. The number of carbonyl (C=O) groups is 1. The lowest BCUT2D eigenvalue weighted by Gasteiger charge is -2.26. The maximum Gasteiger partial charge on any atom is 0.416 e. The topological polar surface area (TPSA) is 92.3 Å². The van der Waals surface area contributed by atoms with E-state index in [2.05, 4.69) is 15.3 Å². The minimum absolute atomic E-state index is 0.100. The molecule has 5 rings (SSSR count). The second-order valence-electron chi connectivity index (χ2n) is 9.97. The summed E-state index contributed by atoms with van der Waals surface area (Å²) in [6.45, 7) is 1.22. The van der Waals surface area contributed by atoms with Gasteiger partial charge in [-0.25, -0.2) is 27.2 Å². The number of sulfonamides is 1. The molecule has 0 bridgehead atoms. The summed E-state index contributed by atoms with van der Waals surface area (Å²) >= 11 is 0. The molecule has 1 N–H and O–H groups in total. The first kappa shape index (κ1) is 28.1. The lowest BCUT2D eigenvalue weighted by atomic mass is 10.1. The number of hydrogen-bond donors (Lipinski definition) is 1. The monoisotopic (exact) mass is 580 g/mol. The molecule has 3 atom stereocenters. The zero-order valence-electron chi connectivity index (χ0n) is 21.2. The summed E-state index contributed by atoms with van der Waals surface area (Å²) in [6, 6.07) is 7.65. The van der Waals surface area contributed by atoms with Gasteiger partial charge in [0.05, 0.1) is 34.4 Å². The molecule has 2 fully saturated rings. The third-order valence-corrected chi connectivity index (χ3v) is 9.07. The first-order valence-electron chi connectivity index (χ1n) is 12.6. The van der Waals surface area contributed by atoms with Gasteiger partial charge in [0.2, 0.25) is 15.9 Å². The summed E-state index contributed by atoms with van der Waals surface area (Å²) in [6.07, 6.45) is -4.72. The van der Waals surface area contributed by atoms with Gasteiger partial charge < -0.3 is 5.32 Å². The number of carbonyl (C=O) groups excluding carboxylic acids is 1. The summed E-state index contributed by atoms with van der Waals surface area (Å²) in [4.78, 5) is 21.9. The summed E-state index contributed by atoms with van der Waals surface area (Å²) < 4.78 is 94.4. The van der Waals surface area contributed by atoms with Crippen LogP contribution in [-0.4, -0.2) is 46.9 Å². The SMILES string of the molecule is C[C@H]1[C@H](F)C[C@@H](C(=O)NCc2cc(-c3ccc(C(F)(F)F)cc3)nc(C3CC3)n2)N1S(=O)(=O)c1ccc(F)cc1. The molecular formula is C27H25F5N4O3S. The highest BCUT2D eigenvalue weighted by molar-refractivity contribution is 7.89. The van der Waals surface area contributed by atoms with Gasteiger partial charge in [-0.1, -0.05) is 12.1 Å². The van der Waals surface area contributed by atoms with Crippen LogP contribution in [0.1, 0.15) is 49.2 Å². The zero-order chi connectivity index (χ0) is 28.8. The van der Waals surface area contributed by atoms with E-state index in [0.717, 1.165) is 53.5 Å². The molecule has 1 amide bonds. The third-order valence-electron chi connectivity index (χ3n) is 7.06. The number of hydrogen-bond acceptors (Lipinski definition) is 5. The number of nitrogens with zero attached hydrogens (tertiary/aromatic N) is 3. The van der Waals surface area contributed by atoms with Gasteiger partial charge in [0.15, 0.2) is 0 Å². The van der Waals surface area contributed by atoms with Gasteiger partial charge in [0.1, 0.15) is 23.9 Å². The maximum absolute atomic E-state index is 14.7. The minimum atomic E-state index is -4.48.